The molecule has 1 fully saturated rings. The van der Waals surface area contributed by atoms with E-state index in [0.717, 1.165) is 31.1 Å². The molecular formula is C13H17N5O. The van der Waals surface area contributed by atoms with Crippen LogP contribution in [0.3, 0.4) is 0 Å². The molecular weight excluding hydrogens is 242 g/mol. The minimum absolute atomic E-state index is 0.0213. The summed E-state index contributed by atoms with van der Waals surface area (Å²) >= 11 is 0. The first-order valence-corrected chi connectivity index (χ1v) is 6.42. The Morgan fingerprint density at radius 1 is 1.37 bits per heavy atom. The van der Waals surface area contributed by atoms with Crippen LogP contribution in [0.5, 0.6) is 0 Å². The number of nitrogens with zero attached hydrogens (tertiary/aromatic N) is 4. The van der Waals surface area contributed by atoms with E-state index in [-0.39, 0.29) is 5.54 Å². The summed E-state index contributed by atoms with van der Waals surface area (Å²) < 4.78 is 7.18. The summed E-state index contributed by atoms with van der Waals surface area (Å²) in [5.41, 5.74) is 0.991. The van der Waals surface area contributed by atoms with Crippen LogP contribution in [0, 0.1) is 0 Å². The van der Waals surface area contributed by atoms with Crippen molar-refractivity contribution >= 4 is 0 Å². The Labute approximate surface area is 111 Å². The SMILES string of the molecule is CC1(NCc2nnnn2-c2ccccc2)CCOC1. The van der Waals surface area contributed by atoms with Gasteiger partial charge in [-0.3, -0.25) is 0 Å². The Balaban J connectivity index is 1.74. The molecule has 1 aliphatic rings. The molecule has 1 aliphatic heterocycles. The Morgan fingerprint density at radius 3 is 2.95 bits per heavy atom. The number of aromatic nitrogens is 4. The fourth-order valence-corrected chi connectivity index (χ4v) is 2.18. The fourth-order valence-electron chi connectivity index (χ4n) is 2.18. The highest BCUT2D eigenvalue weighted by Crippen LogP contribution is 2.18. The molecule has 1 atom stereocenters. The van der Waals surface area contributed by atoms with Crippen LogP contribution < -0.4 is 5.32 Å². The van der Waals surface area contributed by atoms with E-state index in [1.54, 1.807) is 4.68 Å². The van der Waals surface area contributed by atoms with E-state index in [9.17, 15) is 0 Å². The third-order valence-electron chi connectivity index (χ3n) is 3.43. The third kappa shape index (κ3) is 2.64. The Bertz CT molecular complexity index is 533. The van der Waals surface area contributed by atoms with Crippen molar-refractivity contribution in [2.24, 2.45) is 0 Å². The van der Waals surface area contributed by atoms with Gasteiger partial charge in [-0.1, -0.05) is 18.2 Å². The van der Waals surface area contributed by atoms with Crippen LogP contribution in [-0.4, -0.2) is 39.0 Å². The van der Waals surface area contributed by atoms with Gasteiger partial charge in [-0.25, -0.2) is 0 Å². The van der Waals surface area contributed by atoms with Gasteiger partial charge >= 0.3 is 0 Å². The molecule has 100 valence electrons. The van der Waals surface area contributed by atoms with Crippen LogP contribution in [0.15, 0.2) is 30.3 Å². The standard InChI is InChI=1S/C13H17N5O/c1-13(7-8-19-10-13)14-9-12-15-16-17-18(12)11-5-3-2-4-6-11/h2-6,14H,7-10H2,1H3. The molecule has 0 bridgehead atoms. The molecule has 1 unspecified atom stereocenters. The van der Waals surface area contributed by atoms with E-state index in [1.165, 1.54) is 0 Å². The number of nitrogens with one attached hydrogen (secondary N) is 1. The Morgan fingerprint density at radius 2 is 2.21 bits per heavy atom. The van der Waals surface area contributed by atoms with Gasteiger partial charge < -0.3 is 10.1 Å². The lowest BCUT2D eigenvalue weighted by molar-refractivity contribution is 0.171. The number of hydrogen-bond acceptors (Lipinski definition) is 5. The molecule has 2 aromatic rings. The molecule has 1 aromatic carbocycles. The molecule has 0 saturated carbocycles. The van der Waals surface area contributed by atoms with Gasteiger partial charge in [-0.2, -0.15) is 4.68 Å². The van der Waals surface area contributed by atoms with E-state index in [4.69, 9.17) is 4.74 Å². The second kappa shape index (κ2) is 5.07. The summed E-state index contributed by atoms with van der Waals surface area (Å²) in [4.78, 5) is 0. The number of hydrogen-bond donors (Lipinski definition) is 1. The quantitative estimate of drug-likeness (QED) is 0.885. The van der Waals surface area contributed by atoms with Crippen LogP contribution in [0.2, 0.25) is 0 Å². The Hall–Kier alpha value is -1.79. The Kier molecular flexibility index (Phi) is 3.27. The van der Waals surface area contributed by atoms with Crippen molar-refractivity contribution in [3.63, 3.8) is 0 Å². The average Bonchev–Trinajstić information content (AvgIpc) is 3.07. The van der Waals surface area contributed by atoms with Gasteiger partial charge in [0, 0.05) is 12.1 Å². The predicted molar refractivity (Wildman–Crippen MR) is 69.8 cm³/mol. The molecule has 0 spiro atoms. The van der Waals surface area contributed by atoms with Gasteiger partial charge in [0.2, 0.25) is 0 Å². The van der Waals surface area contributed by atoms with E-state index < -0.39 is 0 Å². The van der Waals surface area contributed by atoms with Gasteiger partial charge in [-0.05, 0) is 35.9 Å². The van der Waals surface area contributed by atoms with E-state index >= 15 is 0 Å². The smallest absolute Gasteiger partial charge is 0.170 e. The van der Waals surface area contributed by atoms with Gasteiger partial charge in [0.1, 0.15) is 0 Å². The largest absolute Gasteiger partial charge is 0.379 e. The minimum atomic E-state index is 0.0213. The van der Waals surface area contributed by atoms with Crippen molar-refractivity contribution in [1.29, 1.82) is 0 Å². The van der Waals surface area contributed by atoms with Crippen molar-refractivity contribution in [2.45, 2.75) is 25.4 Å². The van der Waals surface area contributed by atoms with Crippen molar-refractivity contribution in [3.05, 3.63) is 36.2 Å². The monoisotopic (exact) mass is 259 g/mol. The summed E-state index contributed by atoms with van der Waals surface area (Å²) in [5, 5.41) is 15.4. The highest BCUT2D eigenvalue weighted by Gasteiger charge is 2.29. The average molecular weight is 259 g/mol. The molecule has 0 radical (unpaired) electrons. The van der Waals surface area contributed by atoms with Crippen molar-refractivity contribution in [2.75, 3.05) is 13.2 Å². The van der Waals surface area contributed by atoms with Crippen LogP contribution in [0.25, 0.3) is 5.69 Å². The first-order chi connectivity index (χ1) is 9.27. The molecule has 3 rings (SSSR count). The number of ether oxygens (including phenoxy) is 1. The molecule has 0 amide bonds. The van der Waals surface area contributed by atoms with Crippen LogP contribution in [0.1, 0.15) is 19.2 Å². The maximum Gasteiger partial charge on any atom is 0.170 e. The number of rotatable bonds is 4. The summed E-state index contributed by atoms with van der Waals surface area (Å²) in [6.07, 6.45) is 1.01. The van der Waals surface area contributed by atoms with Gasteiger partial charge in [0.15, 0.2) is 5.82 Å². The molecule has 19 heavy (non-hydrogen) atoms. The van der Waals surface area contributed by atoms with Crippen LogP contribution in [-0.2, 0) is 11.3 Å². The van der Waals surface area contributed by atoms with Gasteiger partial charge in [0.25, 0.3) is 0 Å². The lowest BCUT2D eigenvalue weighted by atomic mass is 10.0. The van der Waals surface area contributed by atoms with Gasteiger partial charge in [-0.15, -0.1) is 5.10 Å². The van der Waals surface area contributed by atoms with Crippen LogP contribution >= 0.6 is 0 Å². The second-order valence-corrected chi connectivity index (χ2v) is 5.06. The van der Waals surface area contributed by atoms with Gasteiger partial charge in [0.05, 0.1) is 18.8 Å². The van der Waals surface area contributed by atoms with E-state index in [0.29, 0.717) is 6.54 Å². The first-order valence-electron chi connectivity index (χ1n) is 6.42. The lowest BCUT2D eigenvalue weighted by Gasteiger charge is -2.23. The minimum Gasteiger partial charge on any atom is -0.379 e. The molecule has 1 aromatic heterocycles. The highest BCUT2D eigenvalue weighted by molar-refractivity contribution is 5.30. The number of tetrazole rings is 1. The molecule has 6 nitrogen and oxygen atoms in total. The molecule has 6 heteroatoms. The third-order valence-corrected chi connectivity index (χ3v) is 3.43. The predicted octanol–water partition coefficient (Wildman–Crippen LogP) is 0.931. The van der Waals surface area contributed by atoms with E-state index in [1.807, 2.05) is 30.3 Å². The van der Waals surface area contributed by atoms with Crippen molar-refractivity contribution < 1.29 is 4.74 Å². The summed E-state index contributed by atoms with van der Waals surface area (Å²) in [5.74, 6) is 0.805. The van der Waals surface area contributed by atoms with E-state index in [2.05, 4.69) is 27.8 Å². The number of para-hydroxylation sites is 1. The zero-order valence-corrected chi connectivity index (χ0v) is 10.9. The van der Waals surface area contributed by atoms with Crippen molar-refractivity contribution in [3.8, 4) is 5.69 Å². The summed E-state index contributed by atoms with van der Waals surface area (Å²) in [7, 11) is 0. The fraction of sp³-hybridized carbons (Fsp3) is 0.462. The zero-order valence-electron chi connectivity index (χ0n) is 10.9. The number of benzene rings is 1. The molecule has 2 heterocycles. The topological polar surface area (TPSA) is 64.9 Å². The highest BCUT2D eigenvalue weighted by atomic mass is 16.5. The van der Waals surface area contributed by atoms with Crippen molar-refractivity contribution in [1.82, 2.24) is 25.5 Å². The lowest BCUT2D eigenvalue weighted by Crippen LogP contribution is -2.42. The second-order valence-electron chi connectivity index (χ2n) is 5.06. The molecule has 1 saturated heterocycles. The maximum absolute atomic E-state index is 5.42. The first kappa shape index (κ1) is 12.3. The zero-order chi connectivity index (χ0) is 13.1. The van der Waals surface area contributed by atoms with Crippen LogP contribution in [0.4, 0.5) is 0 Å². The molecule has 1 N–H and O–H groups in total. The maximum atomic E-state index is 5.42. The summed E-state index contributed by atoms with van der Waals surface area (Å²) in [6.45, 7) is 4.34. The molecule has 0 aliphatic carbocycles. The normalized spacial score (nSPS) is 22.8. The summed E-state index contributed by atoms with van der Waals surface area (Å²) in [6, 6.07) is 9.89.